The fourth-order valence-electron chi connectivity index (χ4n) is 3.02. The molecular formula is C16H23F2NO. The smallest absolute Gasteiger partial charge is 0.149 e. The highest BCUT2D eigenvalue weighted by atomic mass is 19.1. The maximum atomic E-state index is 14.3. The third-order valence-corrected chi connectivity index (χ3v) is 3.87. The zero-order chi connectivity index (χ0) is 14.7. The number of aliphatic hydroxyl groups is 1. The summed E-state index contributed by atoms with van der Waals surface area (Å²) in [5, 5.41) is 9.03. The van der Waals surface area contributed by atoms with Crippen molar-refractivity contribution in [1.29, 1.82) is 0 Å². The Balaban J connectivity index is 2.37. The van der Waals surface area contributed by atoms with Gasteiger partial charge in [-0.25, -0.2) is 8.78 Å². The summed E-state index contributed by atoms with van der Waals surface area (Å²) in [7, 11) is 0. The molecule has 2 nitrogen and oxygen atoms in total. The molecule has 0 unspecified atom stereocenters. The third-order valence-electron chi connectivity index (χ3n) is 3.87. The maximum absolute atomic E-state index is 14.3. The van der Waals surface area contributed by atoms with E-state index in [0.717, 1.165) is 25.7 Å². The summed E-state index contributed by atoms with van der Waals surface area (Å²) >= 11 is 0. The van der Waals surface area contributed by atoms with E-state index in [1.807, 2.05) is 4.90 Å². The van der Waals surface area contributed by atoms with Crippen molar-refractivity contribution in [3.05, 3.63) is 29.3 Å². The Bertz CT molecular complexity index is 433. The Morgan fingerprint density at radius 3 is 2.20 bits per heavy atom. The van der Waals surface area contributed by atoms with E-state index < -0.39 is 11.6 Å². The van der Waals surface area contributed by atoms with E-state index in [1.54, 1.807) is 0 Å². The van der Waals surface area contributed by atoms with Gasteiger partial charge in [-0.2, -0.15) is 0 Å². The van der Waals surface area contributed by atoms with Crippen LogP contribution in [0.1, 0.15) is 45.1 Å². The van der Waals surface area contributed by atoms with Crippen molar-refractivity contribution in [1.82, 2.24) is 0 Å². The lowest BCUT2D eigenvalue weighted by Crippen LogP contribution is -2.37. The summed E-state index contributed by atoms with van der Waals surface area (Å²) in [6.45, 7) is 4.42. The molecular weight excluding hydrogens is 260 g/mol. The first-order chi connectivity index (χ1) is 9.52. The van der Waals surface area contributed by atoms with Gasteiger partial charge >= 0.3 is 0 Å². The van der Waals surface area contributed by atoms with Crippen LogP contribution >= 0.6 is 0 Å². The highest BCUT2D eigenvalue weighted by Gasteiger charge is 2.28. The van der Waals surface area contributed by atoms with Crippen molar-refractivity contribution in [2.45, 2.75) is 52.2 Å². The zero-order valence-corrected chi connectivity index (χ0v) is 12.2. The molecule has 2 rings (SSSR count). The third kappa shape index (κ3) is 3.29. The van der Waals surface area contributed by atoms with Crippen LogP contribution in [0.15, 0.2) is 12.1 Å². The first-order valence-corrected chi connectivity index (χ1v) is 7.38. The van der Waals surface area contributed by atoms with E-state index in [1.165, 1.54) is 12.1 Å². The van der Waals surface area contributed by atoms with Crippen LogP contribution in [0, 0.1) is 17.6 Å². The summed E-state index contributed by atoms with van der Waals surface area (Å²) in [5.41, 5.74) is 0.350. The molecule has 1 fully saturated rings. The summed E-state index contributed by atoms with van der Waals surface area (Å²) in [6.07, 6.45) is 4.23. The lowest BCUT2D eigenvalue weighted by atomic mass is 10.1. The largest absolute Gasteiger partial charge is 0.392 e. The van der Waals surface area contributed by atoms with Gasteiger partial charge in [-0.15, -0.1) is 0 Å². The van der Waals surface area contributed by atoms with Gasteiger partial charge in [0.25, 0.3) is 0 Å². The Labute approximate surface area is 119 Å². The normalized spacial score (nSPS) is 16.1. The standard InChI is InChI=1S/C16H23F2NO/c1-11(2)9-19(13-5-3-4-6-13)16-14(17)7-12(10-20)8-15(16)18/h7-8,11,13,20H,3-6,9-10H2,1-2H3. The molecule has 0 bridgehead atoms. The van der Waals surface area contributed by atoms with Crippen molar-refractivity contribution in [2.24, 2.45) is 5.92 Å². The molecule has 1 aliphatic carbocycles. The van der Waals surface area contributed by atoms with Gasteiger partial charge in [-0.05, 0) is 36.5 Å². The zero-order valence-electron chi connectivity index (χ0n) is 12.2. The van der Waals surface area contributed by atoms with Gasteiger partial charge in [0.1, 0.15) is 17.3 Å². The van der Waals surface area contributed by atoms with Crippen LogP contribution in [-0.2, 0) is 6.61 Å². The average Bonchev–Trinajstić information content (AvgIpc) is 2.89. The molecule has 0 saturated heterocycles. The van der Waals surface area contributed by atoms with E-state index >= 15 is 0 Å². The van der Waals surface area contributed by atoms with Crippen LogP contribution in [0.25, 0.3) is 0 Å². The van der Waals surface area contributed by atoms with Gasteiger partial charge in [0.15, 0.2) is 0 Å². The van der Waals surface area contributed by atoms with Gasteiger partial charge in [0.2, 0.25) is 0 Å². The second kappa shape index (κ2) is 6.53. The monoisotopic (exact) mass is 283 g/mol. The SMILES string of the molecule is CC(C)CN(c1c(F)cc(CO)cc1F)C1CCCC1. The molecule has 4 heteroatoms. The van der Waals surface area contributed by atoms with Crippen molar-refractivity contribution < 1.29 is 13.9 Å². The predicted molar refractivity (Wildman–Crippen MR) is 76.7 cm³/mol. The minimum Gasteiger partial charge on any atom is -0.392 e. The van der Waals surface area contributed by atoms with E-state index in [4.69, 9.17) is 5.11 Å². The van der Waals surface area contributed by atoms with Crippen LogP contribution in [0.5, 0.6) is 0 Å². The molecule has 0 heterocycles. The van der Waals surface area contributed by atoms with Gasteiger partial charge in [-0.3, -0.25) is 0 Å². The number of aliphatic hydroxyl groups excluding tert-OH is 1. The molecule has 1 saturated carbocycles. The molecule has 112 valence electrons. The van der Waals surface area contributed by atoms with Crippen LogP contribution in [0.4, 0.5) is 14.5 Å². The lowest BCUT2D eigenvalue weighted by molar-refractivity contribution is 0.280. The minimum atomic E-state index is -0.568. The molecule has 0 atom stereocenters. The van der Waals surface area contributed by atoms with Crippen LogP contribution in [0.3, 0.4) is 0 Å². The molecule has 1 N–H and O–H groups in total. The Morgan fingerprint density at radius 2 is 1.75 bits per heavy atom. The Morgan fingerprint density at radius 1 is 1.20 bits per heavy atom. The molecule has 0 aliphatic heterocycles. The fourth-order valence-corrected chi connectivity index (χ4v) is 3.02. The lowest BCUT2D eigenvalue weighted by Gasteiger charge is -2.33. The number of nitrogens with zero attached hydrogens (tertiary/aromatic N) is 1. The number of anilines is 1. The minimum absolute atomic E-state index is 0.0720. The van der Waals surface area contributed by atoms with Crippen molar-refractivity contribution in [3.8, 4) is 0 Å². The maximum Gasteiger partial charge on any atom is 0.149 e. The van der Waals surface area contributed by atoms with Crippen LogP contribution < -0.4 is 4.90 Å². The molecule has 0 radical (unpaired) electrons. The topological polar surface area (TPSA) is 23.5 Å². The van der Waals surface area contributed by atoms with Gasteiger partial charge in [0, 0.05) is 12.6 Å². The van der Waals surface area contributed by atoms with E-state index in [0.29, 0.717) is 12.5 Å². The highest BCUT2D eigenvalue weighted by molar-refractivity contribution is 5.52. The quantitative estimate of drug-likeness (QED) is 0.887. The fraction of sp³-hybridized carbons (Fsp3) is 0.625. The van der Waals surface area contributed by atoms with Crippen molar-refractivity contribution in [3.63, 3.8) is 0 Å². The first kappa shape index (κ1) is 15.2. The van der Waals surface area contributed by atoms with Gasteiger partial charge in [-0.1, -0.05) is 26.7 Å². The van der Waals surface area contributed by atoms with Crippen molar-refractivity contribution in [2.75, 3.05) is 11.4 Å². The van der Waals surface area contributed by atoms with Crippen LogP contribution in [-0.4, -0.2) is 17.7 Å². The Kier molecular flexibility index (Phi) is 4.97. The van der Waals surface area contributed by atoms with E-state index in [2.05, 4.69) is 13.8 Å². The molecule has 1 aromatic rings. The van der Waals surface area contributed by atoms with E-state index in [9.17, 15) is 8.78 Å². The molecule has 0 aromatic heterocycles. The van der Waals surface area contributed by atoms with Crippen LogP contribution in [0.2, 0.25) is 0 Å². The molecule has 0 amide bonds. The molecule has 1 aromatic carbocycles. The highest BCUT2D eigenvalue weighted by Crippen LogP contribution is 2.33. The van der Waals surface area contributed by atoms with Crippen molar-refractivity contribution >= 4 is 5.69 Å². The van der Waals surface area contributed by atoms with E-state index in [-0.39, 0.29) is 23.9 Å². The van der Waals surface area contributed by atoms with Gasteiger partial charge in [0.05, 0.1) is 6.61 Å². The molecule has 1 aliphatic rings. The summed E-state index contributed by atoms with van der Waals surface area (Å²) in [6, 6.07) is 2.70. The second-order valence-electron chi connectivity index (χ2n) is 6.05. The molecule has 0 spiro atoms. The number of halogens is 2. The molecule has 20 heavy (non-hydrogen) atoms. The Hall–Kier alpha value is -1.16. The summed E-state index contributed by atoms with van der Waals surface area (Å²) < 4.78 is 28.5. The summed E-state index contributed by atoms with van der Waals surface area (Å²) in [5.74, 6) is -0.796. The number of hydrogen-bond acceptors (Lipinski definition) is 2. The first-order valence-electron chi connectivity index (χ1n) is 7.38. The number of rotatable bonds is 5. The average molecular weight is 283 g/mol. The second-order valence-corrected chi connectivity index (χ2v) is 6.05. The number of benzene rings is 1. The predicted octanol–water partition coefficient (Wildman–Crippen LogP) is 3.86. The summed E-state index contributed by atoms with van der Waals surface area (Å²) in [4.78, 5) is 1.89. The van der Waals surface area contributed by atoms with Gasteiger partial charge < -0.3 is 10.0 Å². The number of hydrogen-bond donors (Lipinski definition) is 1.